The molecule has 0 aliphatic rings. The van der Waals surface area contributed by atoms with Crippen molar-refractivity contribution < 1.29 is 19.0 Å². The summed E-state index contributed by atoms with van der Waals surface area (Å²) in [6.45, 7) is -0.290. The van der Waals surface area contributed by atoms with Gasteiger partial charge in [0.1, 0.15) is 28.8 Å². The van der Waals surface area contributed by atoms with Crippen molar-refractivity contribution in [2.24, 2.45) is 0 Å². The van der Waals surface area contributed by atoms with Crippen LogP contribution in [-0.2, 0) is 11.3 Å². The number of nitro benzene ring substituents is 1. The average molecular weight is 422 g/mol. The summed E-state index contributed by atoms with van der Waals surface area (Å²) in [7, 11) is 1.29. The number of nitrogens with zero attached hydrogens (tertiary/aromatic N) is 3. The number of non-ortho nitro benzene ring substituents is 1. The number of aromatic amines is 1. The number of pyridine rings is 1. The van der Waals surface area contributed by atoms with Crippen molar-refractivity contribution >= 4 is 23.5 Å². The fourth-order valence-corrected chi connectivity index (χ4v) is 2.93. The predicted molar refractivity (Wildman–Crippen MR) is 109 cm³/mol. The molecule has 0 spiro atoms. The molecule has 0 aliphatic heterocycles. The minimum absolute atomic E-state index is 0.0950. The zero-order valence-corrected chi connectivity index (χ0v) is 16.0. The molecule has 11 heteroatoms. The molecule has 0 atom stereocenters. The summed E-state index contributed by atoms with van der Waals surface area (Å²) < 4.78 is 10.5. The minimum atomic E-state index is -0.781. The molecule has 1 N–H and O–H groups in total. The van der Waals surface area contributed by atoms with E-state index in [1.54, 1.807) is 24.3 Å². The van der Waals surface area contributed by atoms with Gasteiger partial charge in [-0.3, -0.25) is 25.0 Å². The molecule has 156 valence electrons. The molecular formula is C20H14N4O7. The molecule has 0 saturated heterocycles. The lowest BCUT2D eigenvalue weighted by Gasteiger charge is -2.06. The Labute approximate surface area is 174 Å². The summed E-state index contributed by atoms with van der Waals surface area (Å²) in [5, 5.41) is 31.7. The minimum Gasteiger partial charge on any atom is -0.457 e. The molecule has 0 amide bonds. The fourth-order valence-electron chi connectivity index (χ4n) is 2.93. The lowest BCUT2D eigenvalue weighted by atomic mass is 10.1. The molecule has 0 bridgehead atoms. The van der Waals surface area contributed by atoms with E-state index in [1.165, 1.54) is 37.5 Å². The second-order valence-corrected chi connectivity index (χ2v) is 6.21. The van der Waals surface area contributed by atoms with Crippen molar-refractivity contribution in [3.05, 3.63) is 89.6 Å². The van der Waals surface area contributed by atoms with E-state index in [4.69, 9.17) is 9.15 Å². The van der Waals surface area contributed by atoms with Crippen LogP contribution in [0.2, 0.25) is 0 Å². The molecule has 0 fully saturated rings. The van der Waals surface area contributed by atoms with Gasteiger partial charge in [0.15, 0.2) is 0 Å². The second kappa shape index (κ2) is 8.85. The van der Waals surface area contributed by atoms with Gasteiger partial charge in [-0.25, -0.2) is 0 Å². The highest BCUT2D eigenvalue weighted by molar-refractivity contribution is 5.73. The van der Waals surface area contributed by atoms with E-state index >= 15 is 0 Å². The maximum atomic E-state index is 12.2. The second-order valence-electron chi connectivity index (χ2n) is 6.21. The highest BCUT2D eigenvalue weighted by Gasteiger charge is 2.25. The smallest absolute Gasteiger partial charge is 0.299 e. The topological polar surface area (TPSA) is 165 Å². The standard InChI is InChI=1S/C20H14N4O7/c1-30-11-16-15(10-21)20(25)22-17(19(16)24(28)29)7-5-14-6-8-18(31-14)12-3-2-4-13(9-12)23(26)27/h2-9H,11H2,1H3,(H,22,25). The Bertz CT molecular complexity index is 1300. The van der Waals surface area contributed by atoms with Gasteiger partial charge in [-0.05, 0) is 24.3 Å². The Morgan fingerprint density at radius 2 is 1.97 bits per heavy atom. The molecule has 11 nitrogen and oxygen atoms in total. The Kier molecular flexibility index (Phi) is 6.04. The number of nitro groups is 2. The van der Waals surface area contributed by atoms with Gasteiger partial charge >= 0.3 is 0 Å². The van der Waals surface area contributed by atoms with Crippen LogP contribution in [0, 0.1) is 31.6 Å². The van der Waals surface area contributed by atoms with Crippen molar-refractivity contribution in [2.45, 2.75) is 6.61 Å². The van der Waals surface area contributed by atoms with Crippen LogP contribution in [0.5, 0.6) is 0 Å². The first-order valence-electron chi connectivity index (χ1n) is 8.71. The zero-order chi connectivity index (χ0) is 22.5. The van der Waals surface area contributed by atoms with Gasteiger partial charge in [0.25, 0.3) is 16.9 Å². The molecule has 31 heavy (non-hydrogen) atoms. The first kappa shape index (κ1) is 21.2. The van der Waals surface area contributed by atoms with E-state index in [2.05, 4.69) is 4.98 Å². The first-order chi connectivity index (χ1) is 14.8. The number of ether oxygens (including phenoxy) is 1. The van der Waals surface area contributed by atoms with Crippen LogP contribution in [0.4, 0.5) is 11.4 Å². The van der Waals surface area contributed by atoms with Crippen molar-refractivity contribution in [1.82, 2.24) is 4.98 Å². The molecule has 2 heterocycles. The monoisotopic (exact) mass is 422 g/mol. The summed E-state index contributed by atoms with van der Waals surface area (Å²) in [4.78, 5) is 35.8. The Morgan fingerprint density at radius 3 is 2.61 bits per heavy atom. The van der Waals surface area contributed by atoms with Crippen LogP contribution < -0.4 is 5.56 Å². The van der Waals surface area contributed by atoms with Crippen molar-refractivity contribution in [3.63, 3.8) is 0 Å². The summed E-state index contributed by atoms with van der Waals surface area (Å²) in [6.07, 6.45) is 2.66. The number of H-pyrrole nitrogens is 1. The van der Waals surface area contributed by atoms with E-state index in [-0.39, 0.29) is 29.3 Å². The highest BCUT2D eigenvalue weighted by atomic mass is 16.6. The molecule has 3 aromatic rings. The van der Waals surface area contributed by atoms with E-state index in [0.717, 1.165) is 0 Å². The number of hydrogen-bond donors (Lipinski definition) is 1. The molecule has 0 saturated carbocycles. The molecule has 0 unspecified atom stereocenters. The van der Waals surface area contributed by atoms with Crippen molar-refractivity contribution in [3.8, 4) is 17.4 Å². The Balaban J connectivity index is 2.01. The van der Waals surface area contributed by atoms with Gasteiger partial charge in [0.05, 0.1) is 22.0 Å². The van der Waals surface area contributed by atoms with Crippen LogP contribution in [0.15, 0.2) is 45.6 Å². The molecule has 3 rings (SSSR count). The first-order valence-corrected chi connectivity index (χ1v) is 8.71. The lowest BCUT2D eigenvalue weighted by Crippen LogP contribution is -2.18. The number of aromatic nitrogens is 1. The quantitative estimate of drug-likeness (QED) is 0.445. The van der Waals surface area contributed by atoms with Crippen LogP contribution in [0.25, 0.3) is 23.5 Å². The van der Waals surface area contributed by atoms with E-state index in [1.807, 2.05) is 0 Å². The molecule has 1 aromatic carbocycles. The number of furan rings is 1. The van der Waals surface area contributed by atoms with Gasteiger partial charge in [-0.2, -0.15) is 5.26 Å². The lowest BCUT2D eigenvalue weighted by molar-refractivity contribution is -0.386. The number of nitriles is 1. The van der Waals surface area contributed by atoms with Gasteiger partial charge in [-0.15, -0.1) is 0 Å². The number of methoxy groups -OCH3 is 1. The van der Waals surface area contributed by atoms with Crippen LogP contribution >= 0.6 is 0 Å². The number of hydrogen-bond acceptors (Lipinski definition) is 8. The van der Waals surface area contributed by atoms with Gasteiger partial charge in [0, 0.05) is 24.8 Å². The molecule has 0 aliphatic carbocycles. The molecule has 2 aromatic heterocycles. The van der Waals surface area contributed by atoms with Gasteiger partial charge in [-0.1, -0.05) is 12.1 Å². The fraction of sp³-hybridized carbons (Fsp3) is 0.100. The SMILES string of the molecule is COCc1c([N+](=O)[O-])c(C=Cc2ccc(-c3cccc([N+](=O)[O-])c3)o2)[nH]c(=O)c1C#N. The van der Waals surface area contributed by atoms with Gasteiger partial charge < -0.3 is 14.1 Å². The van der Waals surface area contributed by atoms with Gasteiger partial charge in [0.2, 0.25) is 0 Å². The predicted octanol–water partition coefficient (Wildman–Crippen LogP) is 3.64. The van der Waals surface area contributed by atoms with Crippen LogP contribution in [0.1, 0.15) is 22.6 Å². The summed E-state index contributed by atoms with van der Waals surface area (Å²) in [6, 6.07) is 10.7. The summed E-state index contributed by atoms with van der Waals surface area (Å²) >= 11 is 0. The third-order valence-electron chi connectivity index (χ3n) is 4.28. The number of nitrogens with one attached hydrogen (secondary N) is 1. The van der Waals surface area contributed by atoms with Crippen LogP contribution in [-0.4, -0.2) is 21.9 Å². The third kappa shape index (κ3) is 4.39. The number of benzene rings is 1. The Morgan fingerprint density at radius 1 is 1.19 bits per heavy atom. The third-order valence-corrected chi connectivity index (χ3v) is 4.28. The largest absolute Gasteiger partial charge is 0.457 e. The van der Waals surface area contributed by atoms with Crippen molar-refractivity contribution in [2.75, 3.05) is 7.11 Å². The average Bonchev–Trinajstić information content (AvgIpc) is 3.21. The van der Waals surface area contributed by atoms with Crippen LogP contribution in [0.3, 0.4) is 0 Å². The van der Waals surface area contributed by atoms with E-state index in [9.17, 15) is 30.3 Å². The van der Waals surface area contributed by atoms with E-state index in [0.29, 0.717) is 11.3 Å². The maximum Gasteiger partial charge on any atom is 0.299 e. The summed E-state index contributed by atoms with van der Waals surface area (Å²) in [5.41, 5.74) is -1.51. The molecule has 0 radical (unpaired) electrons. The zero-order valence-electron chi connectivity index (χ0n) is 16.0. The number of rotatable bonds is 7. The maximum absolute atomic E-state index is 12.2. The molecular weight excluding hydrogens is 408 g/mol. The normalized spacial score (nSPS) is 10.8. The Hall–Kier alpha value is -4.56. The highest BCUT2D eigenvalue weighted by Crippen LogP contribution is 2.28. The van der Waals surface area contributed by atoms with Crippen molar-refractivity contribution in [1.29, 1.82) is 5.26 Å². The van der Waals surface area contributed by atoms with E-state index < -0.39 is 26.7 Å². The summed E-state index contributed by atoms with van der Waals surface area (Å²) in [5.74, 6) is 0.639.